The molecule has 2 heterocycles. The summed E-state index contributed by atoms with van der Waals surface area (Å²) in [5, 5.41) is 12.9. The van der Waals surface area contributed by atoms with Crippen molar-refractivity contribution in [2.24, 2.45) is 7.05 Å². The van der Waals surface area contributed by atoms with Crippen LogP contribution in [-0.4, -0.2) is 77.8 Å². The number of carbonyl (C=O) groups is 2. The Morgan fingerprint density at radius 1 is 1.15 bits per heavy atom. The maximum Gasteiger partial charge on any atom is 0.411 e. The molecule has 1 aliphatic heterocycles. The smallest absolute Gasteiger partial charge is 0.411 e. The molecule has 5 rings (SSSR count). The average molecular weight is 665 g/mol. The molecule has 1 saturated heterocycles. The second-order valence-corrected chi connectivity index (χ2v) is 11.7. The fourth-order valence-electron chi connectivity index (χ4n) is 6.12. The van der Waals surface area contributed by atoms with E-state index in [1.54, 1.807) is 33.0 Å². The minimum Gasteiger partial charge on any atom is -0.467 e. The molecule has 47 heavy (non-hydrogen) atoms. The molecule has 3 aromatic rings. The SMILES string of the molecule is COC(=O)[C@H](Cc1ccc(-c2nc(C)c(C)n(C)c2=O)c2c1CC(O)C2)NC(=O)c1c(F)cc(N2CCOC[C@@H]2C(F)(F)F)cc1F. The summed E-state index contributed by atoms with van der Waals surface area (Å²) in [5.74, 6) is -5.11. The van der Waals surface area contributed by atoms with E-state index in [1.165, 1.54) is 4.57 Å². The molecule has 0 saturated carbocycles. The number of aliphatic hydroxyl groups excluding tert-OH is 1. The number of hydrogen-bond acceptors (Lipinski definition) is 8. The summed E-state index contributed by atoms with van der Waals surface area (Å²) in [7, 11) is 2.69. The molecule has 2 N–H and O–H groups in total. The van der Waals surface area contributed by atoms with Gasteiger partial charge in [-0.2, -0.15) is 13.2 Å². The number of carbonyl (C=O) groups excluding carboxylic acids is 2. The highest BCUT2D eigenvalue weighted by Gasteiger charge is 2.46. The fourth-order valence-corrected chi connectivity index (χ4v) is 6.12. The predicted molar refractivity (Wildman–Crippen MR) is 159 cm³/mol. The highest BCUT2D eigenvalue weighted by molar-refractivity contribution is 5.97. The second kappa shape index (κ2) is 13.0. The van der Waals surface area contributed by atoms with E-state index in [4.69, 9.17) is 9.47 Å². The summed E-state index contributed by atoms with van der Waals surface area (Å²) in [6, 6.07) is 0.943. The number of nitrogens with one attached hydrogen (secondary N) is 1. The maximum absolute atomic E-state index is 15.2. The number of benzene rings is 2. The number of morpholine rings is 1. The zero-order valence-corrected chi connectivity index (χ0v) is 26.0. The van der Waals surface area contributed by atoms with Crippen molar-refractivity contribution < 1.29 is 46.1 Å². The summed E-state index contributed by atoms with van der Waals surface area (Å²) >= 11 is 0. The molecular formula is C32H33F5N4O6. The third-order valence-corrected chi connectivity index (χ3v) is 8.78. The molecule has 1 fully saturated rings. The lowest BCUT2D eigenvalue weighted by atomic mass is 9.92. The van der Waals surface area contributed by atoms with Gasteiger partial charge in [0.25, 0.3) is 11.5 Å². The monoisotopic (exact) mass is 664 g/mol. The Morgan fingerprint density at radius 3 is 2.45 bits per heavy atom. The van der Waals surface area contributed by atoms with Gasteiger partial charge in [-0.25, -0.2) is 18.6 Å². The van der Waals surface area contributed by atoms with E-state index in [0.717, 1.165) is 12.0 Å². The molecule has 1 amide bonds. The molecule has 0 spiro atoms. The molecule has 2 aliphatic rings. The lowest BCUT2D eigenvalue weighted by Gasteiger charge is -2.38. The number of amides is 1. The van der Waals surface area contributed by atoms with Crippen LogP contribution in [0.15, 0.2) is 29.1 Å². The van der Waals surface area contributed by atoms with Gasteiger partial charge in [0.1, 0.15) is 35.0 Å². The summed E-state index contributed by atoms with van der Waals surface area (Å²) in [6.07, 6.45) is -5.36. The van der Waals surface area contributed by atoms with Crippen LogP contribution >= 0.6 is 0 Å². The molecule has 10 nitrogen and oxygen atoms in total. The third kappa shape index (κ3) is 6.59. The number of anilines is 1. The van der Waals surface area contributed by atoms with Crippen molar-refractivity contribution in [3.8, 4) is 11.3 Å². The number of methoxy groups -OCH3 is 1. The van der Waals surface area contributed by atoms with Gasteiger partial charge in [0.05, 0.1) is 32.1 Å². The molecule has 0 radical (unpaired) electrons. The molecule has 0 bridgehead atoms. The normalized spacial score (nSPS) is 18.6. The Morgan fingerprint density at radius 2 is 1.81 bits per heavy atom. The maximum atomic E-state index is 15.2. The molecular weight excluding hydrogens is 631 g/mol. The number of ether oxygens (including phenoxy) is 2. The van der Waals surface area contributed by atoms with Crippen LogP contribution < -0.4 is 15.8 Å². The number of hydrogen-bond donors (Lipinski definition) is 2. The number of rotatable bonds is 7. The molecule has 1 unspecified atom stereocenters. The highest BCUT2D eigenvalue weighted by atomic mass is 19.4. The van der Waals surface area contributed by atoms with E-state index in [-0.39, 0.29) is 43.7 Å². The number of nitrogens with zero attached hydrogens (tertiary/aromatic N) is 3. The first-order chi connectivity index (χ1) is 22.1. The number of fused-ring (bicyclic) bond motifs is 1. The number of esters is 1. The van der Waals surface area contributed by atoms with Crippen molar-refractivity contribution in [3.63, 3.8) is 0 Å². The van der Waals surface area contributed by atoms with Gasteiger partial charge in [-0.1, -0.05) is 12.1 Å². The summed E-state index contributed by atoms with van der Waals surface area (Å²) < 4.78 is 82.3. The van der Waals surface area contributed by atoms with Gasteiger partial charge in [0, 0.05) is 37.0 Å². The summed E-state index contributed by atoms with van der Waals surface area (Å²) in [5.41, 5.74) is 1.99. The second-order valence-electron chi connectivity index (χ2n) is 11.7. The van der Waals surface area contributed by atoms with Gasteiger partial charge in [-0.3, -0.25) is 9.59 Å². The van der Waals surface area contributed by atoms with Crippen LogP contribution in [0.2, 0.25) is 0 Å². The van der Waals surface area contributed by atoms with Gasteiger partial charge in [0.15, 0.2) is 0 Å². The molecule has 2 aromatic carbocycles. The average Bonchev–Trinajstić information content (AvgIpc) is 3.42. The molecule has 1 aliphatic carbocycles. The Kier molecular flexibility index (Phi) is 9.42. The van der Waals surface area contributed by atoms with Crippen molar-refractivity contribution in [1.82, 2.24) is 14.9 Å². The van der Waals surface area contributed by atoms with Crippen molar-refractivity contribution in [2.45, 2.75) is 57.5 Å². The minimum absolute atomic E-state index is 0.0988. The first kappa shape index (κ1) is 34.0. The van der Waals surface area contributed by atoms with Gasteiger partial charge < -0.3 is 29.4 Å². The van der Waals surface area contributed by atoms with Gasteiger partial charge >= 0.3 is 12.1 Å². The molecule has 1 aromatic heterocycles. The van der Waals surface area contributed by atoms with E-state index in [2.05, 4.69) is 10.3 Å². The molecule has 15 heteroatoms. The highest BCUT2D eigenvalue weighted by Crippen LogP contribution is 2.35. The van der Waals surface area contributed by atoms with E-state index >= 15 is 8.78 Å². The minimum atomic E-state index is -4.74. The van der Waals surface area contributed by atoms with Crippen LogP contribution in [0, 0.1) is 25.5 Å². The van der Waals surface area contributed by atoms with Crippen LogP contribution in [-0.2, 0) is 40.6 Å². The van der Waals surface area contributed by atoms with E-state index in [1.807, 2.05) is 0 Å². The molecule has 252 valence electrons. The number of aryl methyl sites for hydroxylation is 1. The van der Waals surface area contributed by atoms with Crippen LogP contribution in [0.1, 0.15) is 38.4 Å². The lowest BCUT2D eigenvalue weighted by molar-refractivity contribution is -0.167. The van der Waals surface area contributed by atoms with Crippen molar-refractivity contribution in [2.75, 3.05) is 31.8 Å². The van der Waals surface area contributed by atoms with Crippen LogP contribution in [0.3, 0.4) is 0 Å². The fraction of sp³-hybridized carbons (Fsp3) is 0.438. The zero-order valence-electron chi connectivity index (χ0n) is 26.0. The Bertz CT molecular complexity index is 1770. The lowest BCUT2D eigenvalue weighted by Crippen LogP contribution is -2.53. The standard InChI is InChI=1S/C32H33F5N4O6/c1-15-16(2)40(3)30(44)28(38-15)20-6-5-17(21-12-19(42)13-22(20)21)9-25(31(45)46-4)39-29(43)27-23(33)10-18(11-24(27)34)41-7-8-47-14-26(41)32(35,36)37/h5-6,10-11,19,25-26,42H,7-9,12-14H2,1-4H3,(H,39,43)/t19?,25-,26+/m0/s1. The van der Waals surface area contributed by atoms with Crippen LogP contribution in [0.25, 0.3) is 11.3 Å². The van der Waals surface area contributed by atoms with E-state index in [9.17, 15) is 32.7 Å². The summed E-state index contributed by atoms with van der Waals surface area (Å²) in [4.78, 5) is 44.3. The third-order valence-electron chi connectivity index (χ3n) is 8.78. The number of aromatic nitrogens is 2. The Balaban J connectivity index is 1.45. The van der Waals surface area contributed by atoms with Crippen LogP contribution in [0.4, 0.5) is 27.6 Å². The molecule has 3 atom stereocenters. The summed E-state index contributed by atoms with van der Waals surface area (Å²) in [6.45, 7) is 2.43. The van der Waals surface area contributed by atoms with Gasteiger partial charge in [-0.15, -0.1) is 0 Å². The topological polar surface area (TPSA) is 123 Å². The largest absolute Gasteiger partial charge is 0.467 e. The first-order valence-corrected chi connectivity index (χ1v) is 14.8. The first-order valence-electron chi connectivity index (χ1n) is 14.8. The van der Waals surface area contributed by atoms with Crippen molar-refractivity contribution in [3.05, 3.63) is 79.9 Å². The van der Waals surface area contributed by atoms with Crippen molar-refractivity contribution >= 4 is 17.6 Å². The zero-order chi connectivity index (χ0) is 34.4. The van der Waals surface area contributed by atoms with Gasteiger partial charge in [-0.05, 0) is 55.5 Å². The van der Waals surface area contributed by atoms with E-state index in [0.29, 0.717) is 45.8 Å². The van der Waals surface area contributed by atoms with Gasteiger partial charge in [0.2, 0.25) is 0 Å². The Labute approximate surface area is 266 Å². The van der Waals surface area contributed by atoms with Crippen molar-refractivity contribution in [1.29, 1.82) is 0 Å². The number of alkyl halides is 3. The quantitative estimate of drug-likeness (QED) is 0.292. The number of halogens is 5. The predicted octanol–water partition coefficient (Wildman–Crippen LogP) is 3.08. The van der Waals surface area contributed by atoms with Crippen LogP contribution in [0.5, 0.6) is 0 Å². The Hall–Kier alpha value is -4.37. The van der Waals surface area contributed by atoms with E-state index < -0.39 is 65.7 Å². The number of aliphatic hydroxyl groups is 1.